The van der Waals surface area contributed by atoms with E-state index >= 15 is 0 Å². The van der Waals surface area contributed by atoms with Gasteiger partial charge in [0.15, 0.2) is 0 Å². The normalized spacial score (nSPS) is 12.7. The van der Waals surface area contributed by atoms with E-state index in [4.69, 9.17) is 11.6 Å². The summed E-state index contributed by atoms with van der Waals surface area (Å²) in [5, 5.41) is 4.29. The van der Waals surface area contributed by atoms with Gasteiger partial charge in [0, 0.05) is 19.2 Å². The monoisotopic (exact) mass is 343 g/mol. The van der Waals surface area contributed by atoms with Crippen LogP contribution in [0.3, 0.4) is 0 Å². The number of hydrogen-bond donors (Lipinski definition) is 1. The van der Waals surface area contributed by atoms with Crippen molar-refractivity contribution in [3.63, 3.8) is 0 Å². The first-order valence-electron chi connectivity index (χ1n) is 5.86. The molecule has 1 unspecified atom stereocenters. The molecule has 0 aliphatic heterocycles. The van der Waals surface area contributed by atoms with Crippen LogP contribution in [0.5, 0.6) is 0 Å². The zero-order chi connectivity index (χ0) is 13.1. The molecule has 0 aliphatic carbocycles. The van der Waals surface area contributed by atoms with E-state index < -0.39 is 0 Å². The number of nitrogens with one attached hydrogen (secondary N) is 1. The molecule has 0 aliphatic rings. The van der Waals surface area contributed by atoms with Gasteiger partial charge in [-0.1, -0.05) is 30.7 Å². The fourth-order valence-electron chi connectivity index (χ4n) is 1.90. The van der Waals surface area contributed by atoms with Crippen molar-refractivity contribution in [2.75, 3.05) is 6.54 Å². The molecule has 2 rings (SSSR count). The Morgan fingerprint density at radius 2 is 2.17 bits per heavy atom. The van der Waals surface area contributed by atoms with Gasteiger partial charge in [-0.25, -0.2) is 0 Å². The van der Waals surface area contributed by atoms with Crippen LogP contribution in [0.4, 0.5) is 0 Å². The smallest absolute Gasteiger partial charge is 0.0671 e. The summed E-state index contributed by atoms with van der Waals surface area (Å²) in [4.78, 5) is 2.61. The number of benzene rings is 1. The minimum absolute atomic E-state index is 0.212. The molecule has 1 aromatic carbocycles. The SMILES string of the molecule is CCNC(c1cccc(Cl)c1)c1cc(Br)c(C)s1. The van der Waals surface area contributed by atoms with E-state index in [9.17, 15) is 0 Å². The highest BCUT2D eigenvalue weighted by Crippen LogP contribution is 2.34. The van der Waals surface area contributed by atoms with Crippen LogP contribution in [0, 0.1) is 6.92 Å². The Bertz CT molecular complexity index is 519. The van der Waals surface area contributed by atoms with Gasteiger partial charge in [-0.2, -0.15) is 0 Å². The molecule has 0 radical (unpaired) electrons. The molecule has 0 amide bonds. The molecule has 0 saturated heterocycles. The van der Waals surface area contributed by atoms with E-state index in [0.29, 0.717) is 0 Å². The molecule has 18 heavy (non-hydrogen) atoms. The number of halogens is 2. The van der Waals surface area contributed by atoms with E-state index in [0.717, 1.165) is 11.6 Å². The molecular formula is C14H15BrClNS. The van der Waals surface area contributed by atoms with Crippen LogP contribution in [0.25, 0.3) is 0 Å². The van der Waals surface area contributed by atoms with Crippen molar-refractivity contribution < 1.29 is 0 Å². The maximum atomic E-state index is 6.08. The molecule has 1 atom stereocenters. The van der Waals surface area contributed by atoms with Gasteiger partial charge in [-0.15, -0.1) is 11.3 Å². The predicted octanol–water partition coefficient (Wildman–Crippen LogP) is 5.17. The van der Waals surface area contributed by atoms with Crippen molar-refractivity contribution in [3.05, 3.63) is 55.1 Å². The molecule has 2 aromatic rings. The molecule has 1 heterocycles. The summed E-state index contributed by atoms with van der Waals surface area (Å²) < 4.78 is 1.17. The van der Waals surface area contributed by atoms with Gasteiger partial charge in [0.25, 0.3) is 0 Å². The van der Waals surface area contributed by atoms with Crippen molar-refractivity contribution in [1.29, 1.82) is 0 Å². The van der Waals surface area contributed by atoms with Crippen LogP contribution in [0.15, 0.2) is 34.8 Å². The summed E-state index contributed by atoms with van der Waals surface area (Å²) in [6.07, 6.45) is 0. The fraction of sp³-hybridized carbons (Fsp3) is 0.286. The largest absolute Gasteiger partial charge is 0.306 e. The Morgan fingerprint density at radius 1 is 1.39 bits per heavy atom. The minimum Gasteiger partial charge on any atom is -0.306 e. The van der Waals surface area contributed by atoms with Gasteiger partial charge in [0.2, 0.25) is 0 Å². The molecule has 96 valence electrons. The van der Waals surface area contributed by atoms with Gasteiger partial charge in [0.05, 0.1) is 6.04 Å². The van der Waals surface area contributed by atoms with Gasteiger partial charge in [0.1, 0.15) is 0 Å². The molecule has 0 fully saturated rings. The van der Waals surface area contributed by atoms with Crippen molar-refractivity contribution in [2.24, 2.45) is 0 Å². The molecule has 0 saturated carbocycles. The first-order valence-corrected chi connectivity index (χ1v) is 7.85. The Kier molecular flexibility index (Phi) is 4.84. The van der Waals surface area contributed by atoms with Gasteiger partial charge in [-0.3, -0.25) is 0 Å². The number of thiophene rings is 1. The van der Waals surface area contributed by atoms with Crippen LogP contribution in [-0.2, 0) is 0 Å². The lowest BCUT2D eigenvalue weighted by Crippen LogP contribution is -2.21. The summed E-state index contributed by atoms with van der Waals surface area (Å²) in [7, 11) is 0. The maximum Gasteiger partial charge on any atom is 0.0671 e. The number of hydrogen-bond acceptors (Lipinski definition) is 2. The second-order valence-electron chi connectivity index (χ2n) is 4.10. The molecule has 4 heteroatoms. The third-order valence-corrected chi connectivity index (χ3v) is 5.19. The summed E-state index contributed by atoms with van der Waals surface area (Å²) >= 11 is 11.5. The maximum absolute atomic E-state index is 6.08. The van der Waals surface area contributed by atoms with Crippen LogP contribution >= 0.6 is 38.9 Å². The predicted molar refractivity (Wildman–Crippen MR) is 83.7 cm³/mol. The highest BCUT2D eigenvalue weighted by atomic mass is 79.9. The molecule has 1 nitrogen and oxygen atoms in total. The van der Waals surface area contributed by atoms with E-state index in [1.807, 2.05) is 29.5 Å². The molecule has 1 N–H and O–H groups in total. The molecule has 0 spiro atoms. The lowest BCUT2D eigenvalue weighted by molar-refractivity contribution is 0.639. The Hall–Kier alpha value is -0.350. The molecule has 0 bridgehead atoms. The standard InChI is InChI=1S/C14H15BrClNS/c1-3-17-14(10-5-4-6-11(16)7-10)13-8-12(15)9(2)18-13/h4-8,14,17H,3H2,1-2H3. The zero-order valence-electron chi connectivity index (χ0n) is 10.3. The summed E-state index contributed by atoms with van der Waals surface area (Å²) in [5.74, 6) is 0. The van der Waals surface area contributed by atoms with Crippen LogP contribution in [-0.4, -0.2) is 6.54 Å². The number of rotatable bonds is 4. The van der Waals surface area contributed by atoms with E-state index in [2.05, 4.69) is 47.2 Å². The Morgan fingerprint density at radius 3 is 2.72 bits per heavy atom. The highest BCUT2D eigenvalue weighted by molar-refractivity contribution is 9.10. The average Bonchev–Trinajstić information content (AvgIpc) is 2.66. The average molecular weight is 345 g/mol. The summed E-state index contributed by atoms with van der Waals surface area (Å²) in [5.41, 5.74) is 1.21. The topological polar surface area (TPSA) is 12.0 Å². The van der Waals surface area contributed by atoms with Crippen molar-refractivity contribution in [3.8, 4) is 0 Å². The second-order valence-corrected chi connectivity index (χ2v) is 6.68. The second kappa shape index (κ2) is 6.20. The van der Waals surface area contributed by atoms with E-state index in [1.165, 1.54) is 19.8 Å². The van der Waals surface area contributed by atoms with Crippen LogP contribution in [0.1, 0.15) is 28.3 Å². The first-order chi connectivity index (χ1) is 8.61. The summed E-state index contributed by atoms with van der Waals surface area (Å²) in [6, 6.07) is 10.4. The van der Waals surface area contributed by atoms with Crippen molar-refractivity contribution in [1.82, 2.24) is 5.32 Å². The first kappa shape index (κ1) is 14.1. The van der Waals surface area contributed by atoms with Crippen molar-refractivity contribution in [2.45, 2.75) is 19.9 Å². The van der Waals surface area contributed by atoms with Crippen LogP contribution < -0.4 is 5.32 Å². The Labute approximate surface area is 125 Å². The summed E-state index contributed by atoms with van der Waals surface area (Å²) in [6.45, 7) is 5.16. The zero-order valence-corrected chi connectivity index (χ0v) is 13.5. The fourth-order valence-corrected chi connectivity index (χ4v) is 3.76. The van der Waals surface area contributed by atoms with E-state index in [1.54, 1.807) is 0 Å². The van der Waals surface area contributed by atoms with Crippen molar-refractivity contribution >= 4 is 38.9 Å². The van der Waals surface area contributed by atoms with E-state index in [-0.39, 0.29) is 6.04 Å². The Balaban J connectivity index is 2.39. The van der Waals surface area contributed by atoms with Crippen LogP contribution in [0.2, 0.25) is 5.02 Å². The third-order valence-electron chi connectivity index (χ3n) is 2.75. The number of aryl methyl sites for hydroxylation is 1. The van der Waals surface area contributed by atoms with Gasteiger partial charge in [-0.05, 0) is 53.2 Å². The van der Waals surface area contributed by atoms with Gasteiger partial charge >= 0.3 is 0 Å². The quantitative estimate of drug-likeness (QED) is 0.806. The lowest BCUT2D eigenvalue weighted by Gasteiger charge is -2.17. The lowest BCUT2D eigenvalue weighted by atomic mass is 10.1. The minimum atomic E-state index is 0.212. The highest BCUT2D eigenvalue weighted by Gasteiger charge is 2.16. The third kappa shape index (κ3) is 3.15. The van der Waals surface area contributed by atoms with Gasteiger partial charge < -0.3 is 5.32 Å². The molecule has 1 aromatic heterocycles. The molecular weight excluding hydrogens is 330 g/mol.